The van der Waals surface area contributed by atoms with Crippen molar-refractivity contribution in [1.82, 2.24) is 15.0 Å². The number of furan rings is 1. The van der Waals surface area contributed by atoms with Gasteiger partial charge in [0, 0.05) is 27.5 Å². The van der Waals surface area contributed by atoms with Crippen LogP contribution in [0.15, 0.2) is 223 Å². The normalized spacial score (nSPS) is 11.3. The van der Waals surface area contributed by atoms with Gasteiger partial charge in [0.2, 0.25) is 0 Å². The van der Waals surface area contributed by atoms with Crippen LogP contribution in [0.4, 0.5) is 0 Å². The molecule has 0 unspecified atom stereocenters. The summed E-state index contributed by atoms with van der Waals surface area (Å²) in [4.78, 5) is 15.7. The van der Waals surface area contributed by atoms with Crippen LogP contribution in [0, 0.1) is 6.92 Å². The van der Waals surface area contributed by atoms with E-state index in [9.17, 15) is 0 Å². The molecule has 11 aromatic rings. The van der Waals surface area contributed by atoms with Gasteiger partial charge in [-0.25, -0.2) is 15.0 Å². The SMILES string of the molecule is Cc1ccc(-c2cccc(-c3nc(-c4cc(-c5ccccc5)cc(-c5ccccc5)c4)nc(-c4ccc5c(c4)oc4cccc(-c6ccc(-c7ccccc7)cc6)c45)n3)c2)cc1. The summed E-state index contributed by atoms with van der Waals surface area (Å²) in [6.45, 7) is 2.11. The minimum Gasteiger partial charge on any atom is -0.456 e. The van der Waals surface area contributed by atoms with Gasteiger partial charge in [0.1, 0.15) is 11.2 Å². The zero-order chi connectivity index (χ0) is 41.4. The van der Waals surface area contributed by atoms with E-state index in [2.05, 4.69) is 201 Å². The molecular formula is C58H39N3O. The van der Waals surface area contributed by atoms with E-state index in [1.807, 2.05) is 24.3 Å². The standard InChI is InChI=1S/C58H39N3O/c1-38-23-25-43(26-24-38)45-19-11-20-46(33-45)56-59-57(61-58(60-56)50-35-48(40-15-7-3-8-16-40)34-49(36-50)41-17-9-4-10-18-41)47-31-32-52-54(37-47)62-53-22-12-21-51(55(52)53)44-29-27-42(28-30-44)39-13-5-2-6-14-39/h2-37H,1H3. The van der Waals surface area contributed by atoms with Crippen molar-refractivity contribution in [3.63, 3.8) is 0 Å². The number of rotatable bonds is 8. The molecule has 0 saturated carbocycles. The van der Waals surface area contributed by atoms with Gasteiger partial charge >= 0.3 is 0 Å². The zero-order valence-corrected chi connectivity index (χ0v) is 34.0. The van der Waals surface area contributed by atoms with Crippen molar-refractivity contribution in [1.29, 1.82) is 0 Å². The lowest BCUT2D eigenvalue weighted by molar-refractivity contribution is 0.669. The first kappa shape index (κ1) is 36.8. The summed E-state index contributed by atoms with van der Waals surface area (Å²) in [7, 11) is 0. The Morgan fingerprint density at radius 3 is 1.34 bits per heavy atom. The molecule has 292 valence electrons. The highest BCUT2D eigenvalue weighted by molar-refractivity contribution is 6.13. The highest BCUT2D eigenvalue weighted by Gasteiger charge is 2.18. The summed E-state index contributed by atoms with van der Waals surface area (Å²) in [5, 5.41) is 2.12. The Bertz CT molecular complexity index is 3320. The molecule has 0 aliphatic heterocycles. The molecule has 2 aromatic heterocycles. The Kier molecular flexibility index (Phi) is 9.36. The fourth-order valence-electron chi connectivity index (χ4n) is 8.38. The third kappa shape index (κ3) is 7.14. The van der Waals surface area contributed by atoms with Crippen molar-refractivity contribution in [3.05, 3.63) is 224 Å². The van der Waals surface area contributed by atoms with E-state index in [0.717, 1.165) is 83.1 Å². The number of aromatic nitrogens is 3. The summed E-state index contributed by atoms with van der Waals surface area (Å²) >= 11 is 0. The fourth-order valence-corrected chi connectivity index (χ4v) is 8.38. The molecule has 0 saturated heterocycles. The van der Waals surface area contributed by atoms with Crippen molar-refractivity contribution in [2.45, 2.75) is 6.92 Å². The molecule has 0 N–H and O–H groups in total. The maximum absolute atomic E-state index is 6.63. The Morgan fingerprint density at radius 1 is 0.290 bits per heavy atom. The molecule has 2 heterocycles. The van der Waals surface area contributed by atoms with Gasteiger partial charge in [0.25, 0.3) is 0 Å². The third-order valence-corrected chi connectivity index (χ3v) is 11.6. The lowest BCUT2D eigenvalue weighted by atomic mass is 9.95. The second-order valence-electron chi connectivity index (χ2n) is 15.7. The van der Waals surface area contributed by atoms with Crippen molar-refractivity contribution >= 4 is 21.9 Å². The molecule has 4 heteroatoms. The molecule has 9 aromatic carbocycles. The van der Waals surface area contributed by atoms with Crippen LogP contribution >= 0.6 is 0 Å². The van der Waals surface area contributed by atoms with Crippen LogP contribution in [-0.2, 0) is 0 Å². The van der Waals surface area contributed by atoms with Crippen LogP contribution in [0.2, 0.25) is 0 Å². The zero-order valence-electron chi connectivity index (χ0n) is 34.0. The van der Waals surface area contributed by atoms with E-state index in [1.165, 1.54) is 16.7 Å². The number of nitrogens with zero attached hydrogens (tertiary/aromatic N) is 3. The molecular weight excluding hydrogens is 755 g/mol. The average molecular weight is 794 g/mol. The third-order valence-electron chi connectivity index (χ3n) is 11.6. The smallest absolute Gasteiger partial charge is 0.164 e. The summed E-state index contributed by atoms with van der Waals surface area (Å²) in [6, 6.07) is 76.4. The van der Waals surface area contributed by atoms with Gasteiger partial charge in [-0.15, -0.1) is 0 Å². The van der Waals surface area contributed by atoms with Crippen LogP contribution in [0.25, 0.3) is 112 Å². The Hall–Kier alpha value is -8.21. The molecule has 4 nitrogen and oxygen atoms in total. The molecule has 0 amide bonds. The number of fused-ring (bicyclic) bond motifs is 3. The molecule has 0 radical (unpaired) electrons. The topological polar surface area (TPSA) is 51.8 Å². The minimum absolute atomic E-state index is 0.566. The lowest BCUT2D eigenvalue weighted by Gasteiger charge is -2.13. The number of hydrogen-bond acceptors (Lipinski definition) is 4. The molecule has 62 heavy (non-hydrogen) atoms. The summed E-state index contributed by atoms with van der Waals surface area (Å²) in [5.41, 5.74) is 16.7. The first-order valence-corrected chi connectivity index (χ1v) is 20.9. The Morgan fingerprint density at radius 2 is 0.710 bits per heavy atom. The second-order valence-corrected chi connectivity index (χ2v) is 15.7. The lowest BCUT2D eigenvalue weighted by Crippen LogP contribution is -2.01. The van der Waals surface area contributed by atoms with Gasteiger partial charge in [-0.1, -0.05) is 181 Å². The molecule has 0 aliphatic rings. The fraction of sp³-hybridized carbons (Fsp3) is 0.0172. The van der Waals surface area contributed by atoms with Gasteiger partial charge in [-0.05, 0) is 105 Å². The molecule has 0 aliphatic carbocycles. The van der Waals surface area contributed by atoms with Crippen molar-refractivity contribution in [2.75, 3.05) is 0 Å². The van der Waals surface area contributed by atoms with Gasteiger partial charge in [0.05, 0.1) is 0 Å². The maximum Gasteiger partial charge on any atom is 0.164 e. The Labute approximate surface area is 360 Å². The van der Waals surface area contributed by atoms with E-state index in [1.54, 1.807) is 0 Å². The van der Waals surface area contributed by atoms with Gasteiger partial charge in [-0.3, -0.25) is 0 Å². The van der Waals surface area contributed by atoms with E-state index in [4.69, 9.17) is 19.4 Å². The van der Waals surface area contributed by atoms with E-state index in [-0.39, 0.29) is 0 Å². The van der Waals surface area contributed by atoms with Crippen LogP contribution in [-0.4, -0.2) is 15.0 Å². The summed E-state index contributed by atoms with van der Waals surface area (Å²) in [6.07, 6.45) is 0. The van der Waals surface area contributed by atoms with Gasteiger partial charge in [0.15, 0.2) is 17.5 Å². The van der Waals surface area contributed by atoms with Crippen LogP contribution in [0.5, 0.6) is 0 Å². The average Bonchev–Trinajstić information content (AvgIpc) is 3.73. The van der Waals surface area contributed by atoms with E-state index in [0.29, 0.717) is 17.5 Å². The van der Waals surface area contributed by atoms with E-state index < -0.39 is 0 Å². The van der Waals surface area contributed by atoms with Crippen LogP contribution < -0.4 is 0 Å². The first-order valence-electron chi connectivity index (χ1n) is 20.9. The van der Waals surface area contributed by atoms with Crippen molar-refractivity contribution in [2.24, 2.45) is 0 Å². The molecule has 0 spiro atoms. The molecule has 0 atom stereocenters. The van der Waals surface area contributed by atoms with Crippen molar-refractivity contribution in [3.8, 4) is 89.8 Å². The van der Waals surface area contributed by atoms with Crippen molar-refractivity contribution < 1.29 is 4.42 Å². The largest absolute Gasteiger partial charge is 0.456 e. The quantitative estimate of drug-likeness (QED) is 0.154. The van der Waals surface area contributed by atoms with Crippen LogP contribution in [0.3, 0.4) is 0 Å². The Balaban J connectivity index is 1.06. The number of benzene rings is 9. The first-order chi connectivity index (χ1) is 30.6. The second kappa shape index (κ2) is 15.8. The maximum atomic E-state index is 6.63. The monoisotopic (exact) mass is 793 g/mol. The predicted molar refractivity (Wildman–Crippen MR) is 255 cm³/mol. The number of hydrogen-bond donors (Lipinski definition) is 0. The summed E-state index contributed by atoms with van der Waals surface area (Å²) in [5.74, 6) is 1.75. The molecule has 11 rings (SSSR count). The highest BCUT2D eigenvalue weighted by Crippen LogP contribution is 2.40. The van der Waals surface area contributed by atoms with Gasteiger partial charge in [-0.2, -0.15) is 0 Å². The van der Waals surface area contributed by atoms with E-state index >= 15 is 0 Å². The molecule has 0 bridgehead atoms. The highest BCUT2D eigenvalue weighted by atomic mass is 16.3. The van der Waals surface area contributed by atoms with Crippen LogP contribution in [0.1, 0.15) is 5.56 Å². The van der Waals surface area contributed by atoms with Gasteiger partial charge < -0.3 is 4.42 Å². The summed E-state index contributed by atoms with van der Waals surface area (Å²) < 4.78 is 6.63. The molecule has 0 fully saturated rings. The minimum atomic E-state index is 0.566. The number of aryl methyl sites for hydroxylation is 1. The predicted octanol–water partition coefficient (Wildman–Crippen LogP) is 15.4.